The van der Waals surface area contributed by atoms with Crippen molar-refractivity contribution in [2.24, 2.45) is 0 Å². The molecule has 1 fully saturated rings. The first kappa shape index (κ1) is 15.4. The fourth-order valence-electron chi connectivity index (χ4n) is 3.21. The molecule has 0 spiro atoms. The molecule has 0 radical (unpaired) electrons. The van der Waals surface area contributed by atoms with Crippen LogP contribution in [0.25, 0.3) is 0 Å². The Morgan fingerprint density at radius 2 is 1.61 bits per heavy atom. The maximum atomic E-state index is 12.4. The van der Waals surface area contributed by atoms with Gasteiger partial charge >= 0.3 is 12.2 Å². The molecule has 3 aliphatic rings. The third kappa shape index (κ3) is 2.54. The van der Waals surface area contributed by atoms with E-state index in [0.717, 1.165) is 5.70 Å². The Morgan fingerprint density at radius 1 is 0.957 bits per heavy atom. The highest BCUT2D eigenvalue weighted by molar-refractivity contribution is 5.76. The van der Waals surface area contributed by atoms with Crippen molar-refractivity contribution in [2.45, 2.75) is 32.0 Å². The van der Waals surface area contributed by atoms with E-state index in [0.29, 0.717) is 13.2 Å². The summed E-state index contributed by atoms with van der Waals surface area (Å²) in [5.74, 6) is 0. The zero-order valence-electron chi connectivity index (χ0n) is 13.2. The molecule has 3 unspecified atom stereocenters. The van der Waals surface area contributed by atoms with Gasteiger partial charge in [-0.05, 0) is 19.9 Å². The summed E-state index contributed by atoms with van der Waals surface area (Å²) in [5.41, 5.74) is 0.722. The van der Waals surface area contributed by atoms with E-state index >= 15 is 0 Å². The van der Waals surface area contributed by atoms with Crippen molar-refractivity contribution in [1.82, 2.24) is 9.80 Å². The number of allylic oxidation sites excluding steroid dienone is 4. The van der Waals surface area contributed by atoms with Gasteiger partial charge in [0.15, 0.2) is 0 Å². The SMILES string of the molecule is CCOC(=O)N1C2=CC=CC1C1C=CC=CC2N1C(=O)OCC. The number of nitrogens with zero attached hydrogens (tertiary/aromatic N) is 2. The molecule has 3 rings (SSSR count). The van der Waals surface area contributed by atoms with Crippen LogP contribution in [0.3, 0.4) is 0 Å². The largest absolute Gasteiger partial charge is 0.450 e. The summed E-state index contributed by atoms with van der Waals surface area (Å²) in [4.78, 5) is 28.2. The number of ether oxygens (including phenoxy) is 2. The Labute approximate surface area is 135 Å². The molecular weight excluding hydrogens is 296 g/mol. The average molecular weight is 316 g/mol. The fourth-order valence-corrected chi connectivity index (χ4v) is 3.21. The fraction of sp³-hybridized carbons (Fsp3) is 0.412. The summed E-state index contributed by atoms with van der Waals surface area (Å²) in [6, 6.07) is -0.960. The van der Waals surface area contributed by atoms with Crippen LogP contribution in [0.15, 0.2) is 48.2 Å². The first-order valence-corrected chi connectivity index (χ1v) is 7.83. The van der Waals surface area contributed by atoms with Crippen LogP contribution in [0.4, 0.5) is 9.59 Å². The van der Waals surface area contributed by atoms with Crippen LogP contribution in [0.2, 0.25) is 0 Å². The van der Waals surface area contributed by atoms with E-state index in [1.807, 2.05) is 42.5 Å². The number of fused-ring (bicyclic) bond motifs is 6. The second kappa shape index (κ2) is 6.32. The lowest BCUT2D eigenvalue weighted by Crippen LogP contribution is -2.64. The monoisotopic (exact) mass is 316 g/mol. The molecule has 6 nitrogen and oxygen atoms in total. The molecule has 1 saturated heterocycles. The van der Waals surface area contributed by atoms with Gasteiger partial charge in [-0.1, -0.05) is 36.5 Å². The van der Waals surface area contributed by atoms with Gasteiger partial charge in [0.05, 0.1) is 37.0 Å². The van der Waals surface area contributed by atoms with Crippen molar-refractivity contribution in [1.29, 1.82) is 0 Å². The predicted molar refractivity (Wildman–Crippen MR) is 84.6 cm³/mol. The minimum absolute atomic E-state index is 0.299. The van der Waals surface area contributed by atoms with Gasteiger partial charge in [0, 0.05) is 0 Å². The quantitative estimate of drug-likeness (QED) is 0.786. The van der Waals surface area contributed by atoms with Crippen LogP contribution in [-0.4, -0.2) is 53.3 Å². The van der Waals surface area contributed by atoms with Crippen molar-refractivity contribution in [3.05, 3.63) is 48.2 Å². The van der Waals surface area contributed by atoms with Gasteiger partial charge in [0.25, 0.3) is 0 Å². The van der Waals surface area contributed by atoms with Crippen LogP contribution < -0.4 is 0 Å². The smallest absolute Gasteiger partial charge is 0.414 e. The van der Waals surface area contributed by atoms with Crippen molar-refractivity contribution < 1.29 is 19.1 Å². The van der Waals surface area contributed by atoms with Crippen molar-refractivity contribution in [3.8, 4) is 0 Å². The van der Waals surface area contributed by atoms with Crippen molar-refractivity contribution in [2.75, 3.05) is 13.2 Å². The van der Waals surface area contributed by atoms with Crippen LogP contribution in [-0.2, 0) is 9.47 Å². The van der Waals surface area contributed by atoms with Gasteiger partial charge in [-0.25, -0.2) is 9.59 Å². The molecule has 3 aliphatic heterocycles. The summed E-state index contributed by atoms with van der Waals surface area (Å²) in [6.45, 7) is 4.17. The Morgan fingerprint density at radius 3 is 2.35 bits per heavy atom. The molecule has 23 heavy (non-hydrogen) atoms. The van der Waals surface area contributed by atoms with Gasteiger partial charge in [0.2, 0.25) is 0 Å². The van der Waals surface area contributed by atoms with Gasteiger partial charge in [-0.15, -0.1) is 0 Å². The molecule has 122 valence electrons. The summed E-state index contributed by atoms with van der Waals surface area (Å²) in [5, 5.41) is 0. The molecule has 3 atom stereocenters. The molecule has 0 aromatic carbocycles. The number of amides is 2. The molecule has 4 bridgehead atoms. The van der Waals surface area contributed by atoms with Crippen LogP contribution in [0.1, 0.15) is 13.8 Å². The summed E-state index contributed by atoms with van der Waals surface area (Å²) in [7, 11) is 0. The van der Waals surface area contributed by atoms with E-state index in [1.165, 1.54) is 0 Å². The lowest BCUT2D eigenvalue weighted by molar-refractivity contribution is 0.0379. The maximum absolute atomic E-state index is 12.4. The number of carbonyl (C=O) groups excluding carboxylic acids is 2. The maximum Gasteiger partial charge on any atom is 0.414 e. The molecule has 3 heterocycles. The molecule has 6 heteroatoms. The Kier molecular flexibility index (Phi) is 4.23. The highest BCUT2D eigenvalue weighted by Crippen LogP contribution is 2.36. The summed E-state index contributed by atoms with van der Waals surface area (Å²) in [6.07, 6.45) is 12.5. The second-order valence-corrected chi connectivity index (χ2v) is 5.35. The minimum Gasteiger partial charge on any atom is -0.450 e. The van der Waals surface area contributed by atoms with Gasteiger partial charge in [0.1, 0.15) is 0 Å². The van der Waals surface area contributed by atoms with Crippen LogP contribution >= 0.6 is 0 Å². The summed E-state index contributed by atoms with van der Waals surface area (Å²) >= 11 is 0. The molecule has 0 saturated carbocycles. The zero-order chi connectivity index (χ0) is 16.4. The van der Waals surface area contributed by atoms with Crippen LogP contribution in [0.5, 0.6) is 0 Å². The first-order valence-electron chi connectivity index (χ1n) is 7.83. The lowest BCUT2D eigenvalue weighted by Gasteiger charge is -2.50. The van der Waals surface area contributed by atoms with E-state index in [2.05, 4.69) is 0 Å². The highest BCUT2D eigenvalue weighted by atomic mass is 16.6. The molecule has 0 aromatic heterocycles. The normalized spacial score (nSPS) is 27.4. The van der Waals surface area contributed by atoms with Crippen LogP contribution in [0, 0.1) is 0 Å². The van der Waals surface area contributed by atoms with E-state index < -0.39 is 6.09 Å². The molecule has 0 N–H and O–H groups in total. The third-order valence-electron chi connectivity index (χ3n) is 4.08. The van der Waals surface area contributed by atoms with Gasteiger partial charge in [-0.2, -0.15) is 0 Å². The number of piperazine rings is 1. The standard InChI is InChI=1S/C17H20N2O4/c1-3-22-16(20)18-12-8-5-6-9-13(18)15-11-7-10-14(12)19(15)17(21)23-4-2/h5-14H,3-4H2,1-2H3. The van der Waals surface area contributed by atoms with E-state index in [4.69, 9.17) is 9.47 Å². The summed E-state index contributed by atoms with van der Waals surface area (Å²) < 4.78 is 10.4. The lowest BCUT2D eigenvalue weighted by atomic mass is 9.92. The predicted octanol–water partition coefficient (Wildman–Crippen LogP) is 2.60. The molecule has 0 aliphatic carbocycles. The number of hydrogen-bond donors (Lipinski definition) is 0. The Bertz CT molecular complexity index is 618. The van der Waals surface area contributed by atoms with E-state index in [-0.39, 0.29) is 24.2 Å². The molecular formula is C17H20N2O4. The number of hydrogen-bond acceptors (Lipinski definition) is 4. The Hall–Kier alpha value is -2.50. The van der Waals surface area contributed by atoms with Crippen molar-refractivity contribution >= 4 is 12.2 Å². The Balaban J connectivity index is 2.03. The average Bonchev–Trinajstić information content (AvgIpc) is 2.74. The zero-order valence-corrected chi connectivity index (χ0v) is 13.2. The highest BCUT2D eigenvalue weighted by Gasteiger charge is 2.48. The third-order valence-corrected chi connectivity index (χ3v) is 4.08. The van der Waals surface area contributed by atoms with Gasteiger partial charge in [-0.3, -0.25) is 9.80 Å². The van der Waals surface area contributed by atoms with Gasteiger partial charge < -0.3 is 9.47 Å². The van der Waals surface area contributed by atoms with E-state index in [1.54, 1.807) is 23.6 Å². The topological polar surface area (TPSA) is 59.1 Å². The molecule has 0 aromatic rings. The first-order chi connectivity index (χ1) is 11.2. The van der Waals surface area contributed by atoms with E-state index in [9.17, 15) is 9.59 Å². The second-order valence-electron chi connectivity index (χ2n) is 5.35. The van der Waals surface area contributed by atoms with Crippen molar-refractivity contribution in [3.63, 3.8) is 0 Å². The minimum atomic E-state index is -0.393. The molecule has 2 amide bonds. The number of rotatable bonds is 2. The number of carbonyl (C=O) groups is 2.